The maximum atomic E-state index is 13.7. The number of hydrogen-bond donors (Lipinski definition) is 0. The minimum Gasteiger partial charge on any atom is -0.496 e. The van der Waals surface area contributed by atoms with Gasteiger partial charge in [-0.05, 0) is 12.0 Å². The maximum Gasteiger partial charge on any atom is 0.321 e. The van der Waals surface area contributed by atoms with Gasteiger partial charge < -0.3 is 18.9 Å². The van der Waals surface area contributed by atoms with Gasteiger partial charge in [-0.3, -0.25) is 9.59 Å². The monoisotopic (exact) mass is 491 g/mol. The Bertz CT molecular complexity index is 861. The highest BCUT2D eigenvalue weighted by Crippen LogP contribution is 2.37. The largest absolute Gasteiger partial charge is 0.496 e. The lowest BCUT2D eigenvalue weighted by atomic mass is 9.89. The Labute approximate surface area is 204 Å². The molecule has 2 rings (SSSR count). The van der Waals surface area contributed by atoms with Crippen LogP contribution in [0.2, 0.25) is 0 Å². The van der Waals surface area contributed by atoms with Crippen LogP contribution in [0.4, 0.5) is 0 Å². The third-order valence-electron chi connectivity index (χ3n) is 5.33. The molecule has 34 heavy (non-hydrogen) atoms. The van der Waals surface area contributed by atoms with Gasteiger partial charge in [0.2, 0.25) is 0 Å². The van der Waals surface area contributed by atoms with Gasteiger partial charge in [0.1, 0.15) is 28.7 Å². The summed E-state index contributed by atoms with van der Waals surface area (Å²) in [5.41, 5.74) is 0.742. The van der Waals surface area contributed by atoms with E-state index in [1.54, 1.807) is 36.4 Å². The van der Waals surface area contributed by atoms with Crippen molar-refractivity contribution >= 4 is 20.9 Å². The molecule has 0 saturated heterocycles. The molecule has 2 aromatic rings. The molecule has 0 aromatic heterocycles. The zero-order valence-electron chi connectivity index (χ0n) is 20.5. The molecule has 0 saturated carbocycles. The van der Waals surface area contributed by atoms with Crippen LogP contribution in [0.5, 0.6) is 17.2 Å². The first kappa shape index (κ1) is 29.1. The van der Waals surface area contributed by atoms with E-state index in [4.69, 9.17) is 23.5 Å². The third-order valence-corrected chi connectivity index (χ3v) is 5.33. The van der Waals surface area contributed by atoms with Gasteiger partial charge in [-0.2, -0.15) is 0 Å². The Morgan fingerprint density at radius 2 is 1.38 bits per heavy atom. The first-order valence-corrected chi connectivity index (χ1v) is 11.8. The topological polar surface area (TPSA) is 88.1 Å². The summed E-state index contributed by atoms with van der Waals surface area (Å²) >= 11 is 0. The summed E-state index contributed by atoms with van der Waals surface area (Å²) in [6.07, 6.45) is 6.49. The highest BCUT2D eigenvalue weighted by Gasteiger charge is 2.35. The molecule has 7 nitrogen and oxygen atoms in total. The molecule has 186 valence electrons. The Morgan fingerprint density at radius 1 is 0.824 bits per heavy atom. The van der Waals surface area contributed by atoms with E-state index in [-0.39, 0.29) is 17.1 Å². The lowest BCUT2D eigenvalue weighted by molar-refractivity contribution is -0.144. The second-order valence-electron chi connectivity index (χ2n) is 7.55. The summed E-state index contributed by atoms with van der Waals surface area (Å²) < 4.78 is 29.8. The number of unbranched alkanes of at least 4 members (excludes halogenated alkanes) is 5. The van der Waals surface area contributed by atoms with Gasteiger partial charge in [-0.1, -0.05) is 73.9 Å². The zero-order valence-corrected chi connectivity index (χ0v) is 21.7. The number of carbonyl (C=O) groups is 2. The van der Waals surface area contributed by atoms with Crippen molar-refractivity contribution in [2.24, 2.45) is 0 Å². The van der Waals surface area contributed by atoms with E-state index in [0.717, 1.165) is 19.3 Å². The fourth-order valence-corrected chi connectivity index (χ4v) is 3.57. The highest BCUT2D eigenvalue weighted by atomic mass is 31.0. The molecule has 0 radical (unpaired) electrons. The molecule has 0 aliphatic carbocycles. The van der Waals surface area contributed by atoms with E-state index in [9.17, 15) is 9.59 Å². The third kappa shape index (κ3) is 8.45. The molecule has 0 aliphatic rings. The van der Waals surface area contributed by atoms with Crippen LogP contribution in [0.3, 0.4) is 0 Å². The number of ether oxygens (including phenoxy) is 4. The van der Waals surface area contributed by atoms with Crippen molar-refractivity contribution in [2.75, 3.05) is 27.9 Å². The van der Waals surface area contributed by atoms with Crippen molar-refractivity contribution in [1.29, 1.82) is 0 Å². The smallest absolute Gasteiger partial charge is 0.321 e. The molecule has 8 heteroatoms. The van der Waals surface area contributed by atoms with Crippen LogP contribution >= 0.6 is 9.12 Å². The van der Waals surface area contributed by atoms with Crippen molar-refractivity contribution in [3.63, 3.8) is 0 Å². The molecule has 2 atom stereocenters. The quantitative estimate of drug-likeness (QED) is 0.109. The van der Waals surface area contributed by atoms with Gasteiger partial charge in [0.05, 0.1) is 27.9 Å². The lowest BCUT2D eigenvalue weighted by Gasteiger charge is -2.19. The van der Waals surface area contributed by atoms with Gasteiger partial charge in [0, 0.05) is 12.1 Å². The van der Waals surface area contributed by atoms with Crippen LogP contribution in [-0.2, 0) is 14.1 Å². The van der Waals surface area contributed by atoms with Crippen molar-refractivity contribution in [2.45, 2.75) is 51.4 Å². The second-order valence-corrected chi connectivity index (χ2v) is 7.55. The van der Waals surface area contributed by atoms with Crippen LogP contribution in [0.25, 0.3) is 0 Å². The zero-order chi connectivity index (χ0) is 25.3. The molecule has 0 N–H and O–H groups in total. The summed E-state index contributed by atoms with van der Waals surface area (Å²) in [6.45, 7) is 2.47. The SMILES string of the molecule is CCCCCCCCOC(=O)C(C(=O)c1c(OC)cc(OC)cc1OC)c1ccccc1.O=[PH2+]. The Hall–Kier alpha value is -2.92. The number of Topliss-reactive ketones (excluding diaryl/α,β-unsaturated/α-hetero) is 1. The minimum atomic E-state index is -1.12. The fraction of sp³-hybridized carbons (Fsp3) is 0.462. The summed E-state index contributed by atoms with van der Waals surface area (Å²) in [6, 6.07) is 12.1. The molecule has 0 heterocycles. The van der Waals surface area contributed by atoms with E-state index in [1.165, 1.54) is 49.7 Å². The summed E-state index contributed by atoms with van der Waals surface area (Å²) in [7, 11) is 5.60. The fourth-order valence-electron chi connectivity index (χ4n) is 3.57. The minimum absolute atomic E-state index is 0.182. The Balaban J connectivity index is 0.00000281. The predicted octanol–water partition coefficient (Wildman–Crippen LogP) is 5.79. The van der Waals surface area contributed by atoms with Crippen LogP contribution in [0, 0.1) is 0 Å². The molecular weight excluding hydrogens is 455 g/mol. The van der Waals surface area contributed by atoms with Crippen LogP contribution in [0.1, 0.15) is 67.3 Å². The number of esters is 1. The molecule has 0 aliphatic heterocycles. The van der Waals surface area contributed by atoms with Crippen LogP contribution in [0.15, 0.2) is 42.5 Å². The highest BCUT2D eigenvalue weighted by molar-refractivity contribution is 7.00. The van der Waals surface area contributed by atoms with Gasteiger partial charge >= 0.3 is 15.1 Å². The van der Waals surface area contributed by atoms with Crippen molar-refractivity contribution in [1.82, 2.24) is 0 Å². The molecule has 0 spiro atoms. The summed E-state index contributed by atoms with van der Waals surface area (Å²) in [5, 5.41) is 0. The van der Waals surface area contributed by atoms with E-state index in [1.807, 2.05) is 6.07 Å². The summed E-state index contributed by atoms with van der Waals surface area (Å²) in [5.74, 6) is -1.11. The van der Waals surface area contributed by atoms with E-state index >= 15 is 0 Å². The first-order chi connectivity index (χ1) is 16.6. The first-order valence-electron chi connectivity index (χ1n) is 11.4. The number of rotatable bonds is 14. The van der Waals surface area contributed by atoms with Gasteiger partial charge in [0.15, 0.2) is 5.78 Å². The Kier molecular flexibility index (Phi) is 14.3. The standard InChI is InChI=1S/C26H34O6.H2OP/c1-5-6-7-8-9-13-16-32-26(28)23(19-14-11-10-12-15-19)25(27)24-21(30-3)17-20(29-2)18-22(24)31-4;1-2/h10-12,14-15,17-18,23H,5-9,13,16H2,1-4H3;2H2/q;+1. The maximum absolute atomic E-state index is 13.7. The number of benzene rings is 2. The molecule has 2 unspecified atom stereocenters. The molecular formula is C26H36O7P+. The molecule has 0 amide bonds. The lowest BCUT2D eigenvalue weighted by Crippen LogP contribution is -2.25. The van der Waals surface area contributed by atoms with Gasteiger partial charge in [-0.25, -0.2) is 0 Å². The summed E-state index contributed by atoms with van der Waals surface area (Å²) in [4.78, 5) is 26.7. The normalized spacial score (nSPS) is 10.9. The average Bonchev–Trinajstić information content (AvgIpc) is 2.89. The van der Waals surface area contributed by atoms with Crippen molar-refractivity contribution in [3.8, 4) is 17.2 Å². The van der Waals surface area contributed by atoms with Gasteiger partial charge in [0.25, 0.3) is 0 Å². The van der Waals surface area contributed by atoms with Crippen molar-refractivity contribution < 1.29 is 33.1 Å². The van der Waals surface area contributed by atoms with E-state index in [2.05, 4.69) is 6.92 Å². The molecule has 2 aromatic carbocycles. The van der Waals surface area contributed by atoms with Crippen LogP contribution in [-0.4, -0.2) is 39.7 Å². The molecule has 0 fully saturated rings. The van der Waals surface area contributed by atoms with Crippen LogP contribution < -0.4 is 14.2 Å². The number of ketones is 1. The average molecular weight is 492 g/mol. The Morgan fingerprint density at radius 3 is 1.91 bits per heavy atom. The predicted molar refractivity (Wildman–Crippen MR) is 134 cm³/mol. The van der Waals surface area contributed by atoms with E-state index < -0.39 is 17.7 Å². The second kappa shape index (κ2) is 16.7. The van der Waals surface area contributed by atoms with Crippen molar-refractivity contribution in [3.05, 3.63) is 53.6 Å². The number of carbonyl (C=O) groups excluding carboxylic acids is 2. The number of hydrogen-bond acceptors (Lipinski definition) is 7. The van der Waals surface area contributed by atoms with Gasteiger partial charge in [-0.15, -0.1) is 0 Å². The molecule has 0 bridgehead atoms. The number of methoxy groups -OCH3 is 3. The van der Waals surface area contributed by atoms with E-state index in [0.29, 0.717) is 17.9 Å².